The molecular formula is C6H4N4O4. The van der Waals surface area contributed by atoms with Crippen LogP contribution in [0.1, 0.15) is 0 Å². The van der Waals surface area contributed by atoms with Crippen molar-refractivity contribution in [3.63, 3.8) is 0 Å². The molecule has 8 heteroatoms. The number of fused-ring (bicyclic) bond motifs is 1. The maximum Gasteiger partial charge on any atom is 0.336 e. The molecule has 2 aromatic rings. The Labute approximate surface area is 74.2 Å². The van der Waals surface area contributed by atoms with Gasteiger partial charge in [-0.3, -0.25) is 24.5 Å². The van der Waals surface area contributed by atoms with E-state index in [2.05, 4.69) is 15.0 Å². The molecule has 2 heterocycles. The first kappa shape index (κ1) is 8.23. The Bertz CT molecular complexity index is 669. The summed E-state index contributed by atoms with van der Waals surface area (Å²) in [5.41, 5.74) is -2.55. The van der Waals surface area contributed by atoms with Crippen LogP contribution >= 0.6 is 0 Å². The Morgan fingerprint density at radius 2 is 1.79 bits per heavy atom. The van der Waals surface area contributed by atoms with Gasteiger partial charge in [-0.2, -0.15) is 4.57 Å². The molecule has 2 aromatic heterocycles. The molecule has 0 aliphatic heterocycles. The molecule has 0 aliphatic rings. The van der Waals surface area contributed by atoms with E-state index < -0.39 is 16.9 Å². The van der Waals surface area contributed by atoms with Crippen molar-refractivity contribution in [2.45, 2.75) is 0 Å². The Kier molecular flexibility index (Phi) is 1.50. The summed E-state index contributed by atoms with van der Waals surface area (Å²) in [7, 11) is 0. The van der Waals surface area contributed by atoms with Crippen LogP contribution in [0.25, 0.3) is 11.2 Å². The second-order valence-corrected chi connectivity index (χ2v) is 2.54. The molecule has 72 valence electrons. The molecule has 0 saturated heterocycles. The summed E-state index contributed by atoms with van der Waals surface area (Å²) in [5, 5.41) is 0. The fraction of sp³-hybridized carbons (Fsp3) is 0. The van der Waals surface area contributed by atoms with Crippen molar-refractivity contribution in [3.8, 4) is 0 Å². The Hall–Kier alpha value is -2.38. The van der Waals surface area contributed by atoms with Gasteiger partial charge in [-0.05, 0) is 0 Å². The molecule has 0 bridgehead atoms. The minimum absolute atomic E-state index is 0.0249. The predicted molar refractivity (Wildman–Crippen MR) is 45.9 cm³/mol. The molecule has 14 heavy (non-hydrogen) atoms. The molecule has 0 unspecified atom stereocenters. The molecule has 0 radical (unpaired) electrons. The maximum atomic E-state index is 11.3. The Morgan fingerprint density at radius 1 is 1.07 bits per heavy atom. The van der Waals surface area contributed by atoms with E-state index in [1.807, 2.05) is 0 Å². The zero-order valence-corrected chi connectivity index (χ0v) is 6.66. The van der Waals surface area contributed by atoms with Gasteiger partial charge in [0.2, 0.25) is 6.41 Å². The fourth-order valence-corrected chi connectivity index (χ4v) is 1.11. The third-order valence-electron chi connectivity index (χ3n) is 1.72. The van der Waals surface area contributed by atoms with Crippen LogP contribution in [0.2, 0.25) is 0 Å². The summed E-state index contributed by atoms with van der Waals surface area (Å²) in [6, 6.07) is 0. The molecule has 2 rings (SSSR count). The van der Waals surface area contributed by atoms with Gasteiger partial charge in [0.25, 0.3) is 5.56 Å². The van der Waals surface area contributed by atoms with Gasteiger partial charge < -0.3 is 0 Å². The fourth-order valence-electron chi connectivity index (χ4n) is 1.11. The van der Waals surface area contributed by atoms with E-state index in [9.17, 15) is 19.2 Å². The van der Waals surface area contributed by atoms with Crippen LogP contribution in [0.5, 0.6) is 0 Å². The zero-order chi connectivity index (χ0) is 10.3. The largest absolute Gasteiger partial charge is 0.336 e. The van der Waals surface area contributed by atoms with Gasteiger partial charge in [0.15, 0.2) is 5.52 Å². The summed E-state index contributed by atoms with van der Waals surface area (Å²) in [6.07, 6.45) is 0.0753. The summed E-state index contributed by atoms with van der Waals surface area (Å²) >= 11 is 0. The van der Waals surface area contributed by atoms with Crippen molar-refractivity contribution in [3.05, 3.63) is 31.3 Å². The van der Waals surface area contributed by atoms with Gasteiger partial charge in [-0.1, -0.05) is 0 Å². The number of imidazole rings is 1. The lowest BCUT2D eigenvalue weighted by Crippen LogP contribution is -2.34. The van der Waals surface area contributed by atoms with Gasteiger partial charge in [0.05, 0.1) is 0 Å². The number of nitrogens with one attached hydrogen (secondary N) is 3. The third-order valence-corrected chi connectivity index (χ3v) is 1.72. The monoisotopic (exact) mass is 196 g/mol. The quantitative estimate of drug-likeness (QED) is 0.446. The normalized spacial score (nSPS) is 10.6. The summed E-state index contributed by atoms with van der Waals surface area (Å²) in [5.74, 6) is 0. The topological polar surface area (TPSA) is 121 Å². The van der Waals surface area contributed by atoms with Crippen molar-refractivity contribution in [1.82, 2.24) is 19.5 Å². The molecule has 0 spiro atoms. The molecule has 0 fully saturated rings. The van der Waals surface area contributed by atoms with E-state index in [1.165, 1.54) is 0 Å². The highest BCUT2D eigenvalue weighted by molar-refractivity contribution is 5.70. The zero-order valence-electron chi connectivity index (χ0n) is 6.66. The van der Waals surface area contributed by atoms with Gasteiger partial charge in [-0.15, -0.1) is 0 Å². The van der Waals surface area contributed by atoms with Crippen LogP contribution in [-0.2, 0) is 4.79 Å². The van der Waals surface area contributed by atoms with E-state index in [0.717, 1.165) is 0 Å². The van der Waals surface area contributed by atoms with E-state index in [0.29, 0.717) is 4.57 Å². The molecular weight excluding hydrogens is 192 g/mol. The smallest absolute Gasteiger partial charge is 0.300 e. The first-order valence-electron chi connectivity index (χ1n) is 3.55. The van der Waals surface area contributed by atoms with Crippen molar-refractivity contribution >= 4 is 17.6 Å². The minimum Gasteiger partial charge on any atom is -0.300 e. The van der Waals surface area contributed by atoms with Crippen LogP contribution in [0, 0.1) is 0 Å². The highest BCUT2D eigenvalue weighted by Crippen LogP contribution is 1.90. The molecule has 0 saturated carbocycles. The number of hydrogen-bond acceptors (Lipinski definition) is 4. The summed E-state index contributed by atoms with van der Waals surface area (Å²) < 4.78 is 0.326. The molecule has 3 N–H and O–H groups in total. The van der Waals surface area contributed by atoms with E-state index in [1.54, 1.807) is 0 Å². The van der Waals surface area contributed by atoms with Crippen molar-refractivity contribution < 1.29 is 4.79 Å². The van der Waals surface area contributed by atoms with Crippen molar-refractivity contribution in [2.24, 2.45) is 0 Å². The van der Waals surface area contributed by atoms with Crippen LogP contribution in [0.4, 0.5) is 0 Å². The minimum atomic E-state index is -0.896. The standard InChI is InChI=1S/C6H4N4O4/c11-1-10-4(12)2-3(9-6(10)14)8-5(13)7-2/h1H,(H,9,14)(H2,7,8,13). The molecule has 0 aromatic carbocycles. The third kappa shape index (κ3) is 0.937. The number of hydrogen-bond donors (Lipinski definition) is 3. The lowest BCUT2D eigenvalue weighted by Gasteiger charge is -1.92. The predicted octanol–water partition coefficient (Wildman–Crippen LogP) is -2.26. The number of aromatic nitrogens is 4. The van der Waals surface area contributed by atoms with E-state index in [-0.39, 0.29) is 17.6 Å². The van der Waals surface area contributed by atoms with Crippen LogP contribution in [-0.4, -0.2) is 25.9 Å². The molecule has 0 atom stereocenters. The lowest BCUT2D eigenvalue weighted by atomic mass is 10.5. The number of rotatable bonds is 1. The van der Waals surface area contributed by atoms with E-state index in [4.69, 9.17) is 0 Å². The van der Waals surface area contributed by atoms with Gasteiger partial charge >= 0.3 is 11.4 Å². The first-order valence-corrected chi connectivity index (χ1v) is 3.55. The Morgan fingerprint density at radius 3 is 2.43 bits per heavy atom. The second-order valence-electron chi connectivity index (χ2n) is 2.54. The van der Waals surface area contributed by atoms with Crippen molar-refractivity contribution in [2.75, 3.05) is 0 Å². The lowest BCUT2D eigenvalue weighted by molar-refractivity contribution is 0.543. The number of nitrogens with zero attached hydrogens (tertiary/aromatic N) is 1. The second kappa shape index (κ2) is 2.55. The highest BCUT2D eigenvalue weighted by atomic mass is 16.2. The molecule has 0 aliphatic carbocycles. The van der Waals surface area contributed by atoms with Gasteiger partial charge in [0, 0.05) is 0 Å². The number of H-pyrrole nitrogens is 3. The SMILES string of the molecule is O=Cn1c(=O)[nH]c2[nH]c(=O)[nH]c2c1=O. The van der Waals surface area contributed by atoms with Crippen LogP contribution in [0.3, 0.4) is 0 Å². The number of carbonyl (C=O) groups is 1. The number of carbonyl (C=O) groups excluding carboxylic acids is 1. The first-order chi connectivity index (χ1) is 6.63. The summed E-state index contributed by atoms with van der Waals surface area (Å²) in [6.45, 7) is 0. The van der Waals surface area contributed by atoms with Crippen molar-refractivity contribution in [1.29, 1.82) is 0 Å². The average molecular weight is 196 g/mol. The average Bonchev–Trinajstić information content (AvgIpc) is 2.47. The van der Waals surface area contributed by atoms with Gasteiger partial charge in [0.1, 0.15) is 5.65 Å². The number of aromatic amines is 3. The Balaban J connectivity index is 3.15. The molecule has 0 amide bonds. The molecule has 8 nitrogen and oxygen atoms in total. The summed E-state index contributed by atoms with van der Waals surface area (Å²) in [4.78, 5) is 50.0. The van der Waals surface area contributed by atoms with Crippen LogP contribution in [0.15, 0.2) is 14.4 Å². The highest BCUT2D eigenvalue weighted by Gasteiger charge is 2.08. The van der Waals surface area contributed by atoms with Crippen LogP contribution < -0.4 is 16.9 Å². The maximum absolute atomic E-state index is 11.3. The van der Waals surface area contributed by atoms with E-state index >= 15 is 0 Å². The van der Waals surface area contributed by atoms with Gasteiger partial charge in [-0.25, -0.2) is 9.59 Å².